The SMILES string of the molecule is CCN(CC)c1ncc(OC)c(N)n1. The molecule has 0 unspecified atom stereocenters. The van der Waals surface area contributed by atoms with Crippen LogP contribution in [0.2, 0.25) is 0 Å². The van der Waals surface area contributed by atoms with Gasteiger partial charge in [-0.2, -0.15) is 4.98 Å². The van der Waals surface area contributed by atoms with E-state index in [2.05, 4.69) is 9.97 Å². The van der Waals surface area contributed by atoms with E-state index < -0.39 is 0 Å². The predicted molar refractivity (Wildman–Crippen MR) is 56.6 cm³/mol. The summed E-state index contributed by atoms with van der Waals surface area (Å²) in [5.41, 5.74) is 5.68. The third kappa shape index (κ3) is 2.04. The van der Waals surface area contributed by atoms with Crippen LogP contribution in [0.4, 0.5) is 11.8 Å². The Bertz CT molecular complexity index is 299. The fourth-order valence-corrected chi connectivity index (χ4v) is 1.19. The smallest absolute Gasteiger partial charge is 0.227 e. The molecule has 0 aromatic carbocycles. The Morgan fingerprint density at radius 1 is 1.43 bits per heavy atom. The fourth-order valence-electron chi connectivity index (χ4n) is 1.19. The maximum Gasteiger partial charge on any atom is 0.227 e. The number of nitrogens with zero attached hydrogens (tertiary/aromatic N) is 3. The van der Waals surface area contributed by atoms with Crippen molar-refractivity contribution in [1.29, 1.82) is 0 Å². The Kier molecular flexibility index (Phi) is 3.50. The Labute approximate surface area is 83.9 Å². The van der Waals surface area contributed by atoms with Crippen LogP contribution in [-0.4, -0.2) is 30.2 Å². The highest BCUT2D eigenvalue weighted by atomic mass is 16.5. The van der Waals surface area contributed by atoms with Crippen molar-refractivity contribution in [2.75, 3.05) is 30.8 Å². The van der Waals surface area contributed by atoms with Gasteiger partial charge in [-0.05, 0) is 13.8 Å². The molecule has 0 saturated heterocycles. The Morgan fingerprint density at radius 3 is 2.50 bits per heavy atom. The van der Waals surface area contributed by atoms with Gasteiger partial charge in [-0.25, -0.2) is 4.98 Å². The van der Waals surface area contributed by atoms with Crippen molar-refractivity contribution < 1.29 is 4.74 Å². The molecular formula is C9H16N4O. The molecule has 0 saturated carbocycles. The van der Waals surface area contributed by atoms with Crippen molar-refractivity contribution >= 4 is 11.8 Å². The topological polar surface area (TPSA) is 64.3 Å². The van der Waals surface area contributed by atoms with Gasteiger partial charge in [0.2, 0.25) is 5.95 Å². The van der Waals surface area contributed by atoms with E-state index in [9.17, 15) is 0 Å². The van der Waals surface area contributed by atoms with Crippen molar-refractivity contribution in [3.8, 4) is 5.75 Å². The van der Waals surface area contributed by atoms with Gasteiger partial charge in [-0.3, -0.25) is 0 Å². The summed E-state index contributed by atoms with van der Waals surface area (Å²) in [6.45, 7) is 5.82. The normalized spacial score (nSPS) is 9.93. The second-order valence-electron chi connectivity index (χ2n) is 2.80. The second kappa shape index (κ2) is 4.64. The third-order valence-corrected chi connectivity index (χ3v) is 2.04. The largest absolute Gasteiger partial charge is 0.491 e. The zero-order valence-corrected chi connectivity index (χ0v) is 8.82. The van der Waals surface area contributed by atoms with Crippen LogP contribution < -0.4 is 15.4 Å². The van der Waals surface area contributed by atoms with Crippen LogP contribution >= 0.6 is 0 Å². The quantitative estimate of drug-likeness (QED) is 0.775. The lowest BCUT2D eigenvalue weighted by atomic mass is 10.5. The van der Waals surface area contributed by atoms with Crippen molar-refractivity contribution in [1.82, 2.24) is 9.97 Å². The molecule has 0 fully saturated rings. The average molecular weight is 196 g/mol. The first kappa shape index (κ1) is 10.6. The number of anilines is 2. The molecule has 5 heteroatoms. The van der Waals surface area contributed by atoms with Gasteiger partial charge in [-0.1, -0.05) is 0 Å². The monoisotopic (exact) mass is 196 g/mol. The molecule has 0 bridgehead atoms. The highest BCUT2D eigenvalue weighted by Crippen LogP contribution is 2.19. The first-order valence-corrected chi connectivity index (χ1v) is 4.64. The van der Waals surface area contributed by atoms with E-state index in [4.69, 9.17) is 10.5 Å². The zero-order chi connectivity index (χ0) is 10.6. The van der Waals surface area contributed by atoms with Gasteiger partial charge < -0.3 is 15.4 Å². The number of nitrogen functional groups attached to an aromatic ring is 1. The minimum Gasteiger partial charge on any atom is -0.491 e. The first-order chi connectivity index (χ1) is 6.72. The summed E-state index contributed by atoms with van der Waals surface area (Å²) in [7, 11) is 1.55. The molecule has 1 aromatic heterocycles. The summed E-state index contributed by atoms with van der Waals surface area (Å²) in [5, 5.41) is 0. The lowest BCUT2D eigenvalue weighted by molar-refractivity contribution is 0.413. The number of ether oxygens (including phenoxy) is 1. The van der Waals surface area contributed by atoms with E-state index in [1.807, 2.05) is 18.7 Å². The van der Waals surface area contributed by atoms with Crippen molar-refractivity contribution in [3.05, 3.63) is 6.20 Å². The molecule has 0 amide bonds. The number of methoxy groups -OCH3 is 1. The maximum absolute atomic E-state index is 5.68. The molecule has 0 spiro atoms. The molecule has 0 aliphatic rings. The Morgan fingerprint density at radius 2 is 2.07 bits per heavy atom. The van der Waals surface area contributed by atoms with Gasteiger partial charge in [-0.15, -0.1) is 0 Å². The van der Waals surface area contributed by atoms with Crippen LogP contribution in [-0.2, 0) is 0 Å². The molecule has 0 aliphatic heterocycles. The van der Waals surface area contributed by atoms with Crippen LogP contribution in [0.15, 0.2) is 6.20 Å². The van der Waals surface area contributed by atoms with Crippen LogP contribution in [0.5, 0.6) is 5.75 Å². The molecule has 78 valence electrons. The third-order valence-electron chi connectivity index (χ3n) is 2.04. The van der Waals surface area contributed by atoms with Crippen molar-refractivity contribution in [3.63, 3.8) is 0 Å². The minimum atomic E-state index is 0.379. The van der Waals surface area contributed by atoms with Gasteiger partial charge in [0.25, 0.3) is 0 Å². The molecule has 0 atom stereocenters. The average Bonchev–Trinajstić information content (AvgIpc) is 2.20. The summed E-state index contributed by atoms with van der Waals surface area (Å²) >= 11 is 0. The van der Waals surface area contributed by atoms with Crippen molar-refractivity contribution in [2.24, 2.45) is 0 Å². The highest BCUT2D eigenvalue weighted by molar-refractivity contribution is 5.48. The van der Waals surface area contributed by atoms with Crippen LogP contribution in [0, 0.1) is 0 Å². The van der Waals surface area contributed by atoms with Crippen LogP contribution in [0.1, 0.15) is 13.8 Å². The van der Waals surface area contributed by atoms with Crippen LogP contribution in [0.3, 0.4) is 0 Å². The molecule has 14 heavy (non-hydrogen) atoms. The first-order valence-electron chi connectivity index (χ1n) is 4.64. The van der Waals surface area contributed by atoms with Gasteiger partial charge in [0, 0.05) is 13.1 Å². The van der Waals surface area contributed by atoms with Gasteiger partial charge >= 0.3 is 0 Å². The van der Waals surface area contributed by atoms with E-state index in [-0.39, 0.29) is 0 Å². The Balaban J connectivity index is 2.95. The molecule has 0 radical (unpaired) electrons. The van der Waals surface area contributed by atoms with Gasteiger partial charge in [0.15, 0.2) is 11.6 Å². The highest BCUT2D eigenvalue weighted by Gasteiger charge is 2.08. The summed E-state index contributed by atoms with van der Waals surface area (Å²) in [6.07, 6.45) is 1.59. The summed E-state index contributed by atoms with van der Waals surface area (Å²) < 4.78 is 4.98. The molecule has 2 N–H and O–H groups in total. The molecule has 5 nitrogen and oxygen atoms in total. The maximum atomic E-state index is 5.68. The van der Waals surface area contributed by atoms with Gasteiger partial charge in [0.1, 0.15) is 0 Å². The lowest BCUT2D eigenvalue weighted by Crippen LogP contribution is -2.24. The molecule has 1 aromatic rings. The van der Waals surface area contributed by atoms with E-state index in [0.717, 1.165) is 13.1 Å². The number of hydrogen-bond donors (Lipinski definition) is 1. The lowest BCUT2D eigenvalue weighted by Gasteiger charge is -2.18. The standard InChI is InChI=1S/C9H16N4O/c1-4-13(5-2)9-11-6-7(14-3)8(10)12-9/h6H,4-5H2,1-3H3,(H2,10,11,12). The van der Waals surface area contributed by atoms with Gasteiger partial charge in [0.05, 0.1) is 13.3 Å². The summed E-state index contributed by atoms with van der Waals surface area (Å²) in [5.74, 6) is 1.54. The number of nitrogens with two attached hydrogens (primary N) is 1. The Hall–Kier alpha value is -1.52. The second-order valence-corrected chi connectivity index (χ2v) is 2.80. The molecular weight excluding hydrogens is 180 g/mol. The van der Waals surface area contributed by atoms with E-state index >= 15 is 0 Å². The van der Waals surface area contributed by atoms with Crippen LogP contribution in [0.25, 0.3) is 0 Å². The number of rotatable bonds is 4. The molecule has 0 aliphatic carbocycles. The van der Waals surface area contributed by atoms with E-state index in [1.54, 1.807) is 13.3 Å². The van der Waals surface area contributed by atoms with E-state index in [0.29, 0.717) is 17.5 Å². The molecule has 1 heterocycles. The van der Waals surface area contributed by atoms with E-state index in [1.165, 1.54) is 0 Å². The predicted octanol–water partition coefficient (Wildman–Crippen LogP) is 0.914. The zero-order valence-electron chi connectivity index (χ0n) is 8.82. The van der Waals surface area contributed by atoms with Crippen molar-refractivity contribution in [2.45, 2.75) is 13.8 Å². The summed E-state index contributed by atoms with van der Waals surface area (Å²) in [6, 6.07) is 0. The fraction of sp³-hybridized carbons (Fsp3) is 0.556. The number of aromatic nitrogens is 2. The molecule has 1 rings (SSSR count). The minimum absolute atomic E-state index is 0.379. The summed E-state index contributed by atoms with van der Waals surface area (Å²) in [4.78, 5) is 10.3. The number of hydrogen-bond acceptors (Lipinski definition) is 5.